The molecule has 0 amide bonds. The minimum absolute atomic E-state index is 0.317. The molecule has 0 unspecified atom stereocenters. The van der Waals surface area contributed by atoms with Gasteiger partial charge in [0.25, 0.3) is 0 Å². The number of unbranched alkanes of at least 4 members (excludes halogenated alkanes) is 1. The van der Waals surface area contributed by atoms with Gasteiger partial charge in [-0.1, -0.05) is 19.4 Å². The Morgan fingerprint density at radius 3 is 2.67 bits per heavy atom. The van der Waals surface area contributed by atoms with E-state index in [-0.39, 0.29) is 5.82 Å². The van der Waals surface area contributed by atoms with E-state index in [1.54, 1.807) is 6.20 Å². The smallest absolute Gasteiger partial charge is 0.142 e. The molecular weight excluding hydrogens is 263 g/mol. The highest BCUT2D eigenvalue weighted by atomic mass is 19.1. The van der Waals surface area contributed by atoms with Crippen molar-refractivity contribution in [1.82, 2.24) is 4.98 Å². The van der Waals surface area contributed by atoms with Gasteiger partial charge < -0.3 is 0 Å². The van der Waals surface area contributed by atoms with Crippen LogP contribution >= 0.6 is 0 Å². The van der Waals surface area contributed by atoms with E-state index in [1.165, 1.54) is 25.1 Å². The third kappa shape index (κ3) is 4.22. The van der Waals surface area contributed by atoms with Crippen LogP contribution in [0.1, 0.15) is 38.7 Å². The highest BCUT2D eigenvalue weighted by Gasteiger charge is 2.04. The highest BCUT2D eigenvalue weighted by Crippen LogP contribution is 2.26. The molecule has 0 radical (unpaired) electrons. The second kappa shape index (κ2) is 7.11. The summed E-state index contributed by atoms with van der Waals surface area (Å²) in [5, 5.41) is 0. The third-order valence-electron chi connectivity index (χ3n) is 3.44. The molecule has 0 saturated heterocycles. The maximum atomic E-state index is 13.2. The number of benzene rings is 1. The van der Waals surface area contributed by atoms with Crippen LogP contribution in [-0.4, -0.2) is 10.7 Å². The Bertz CT molecular complexity index is 647. The molecule has 0 saturated carbocycles. The Morgan fingerprint density at radius 2 is 2.00 bits per heavy atom. The summed E-state index contributed by atoms with van der Waals surface area (Å²) in [6, 6.07) is 7.49. The van der Waals surface area contributed by atoms with Gasteiger partial charge in [0, 0.05) is 17.5 Å². The van der Waals surface area contributed by atoms with E-state index in [4.69, 9.17) is 0 Å². The minimum atomic E-state index is -0.317. The van der Waals surface area contributed by atoms with E-state index in [9.17, 15) is 4.39 Å². The van der Waals surface area contributed by atoms with Crippen molar-refractivity contribution >= 4 is 11.4 Å². The molecule has 0 N–H and O–H groups in total. The van der Waals surface area contributed by atoms with Crippen LogP contribution in [0.3, 0.4) is 0 Å². The zero-order valence-electron chi connectivity index (χ0n) is 12.9. The van der Waals surface area contributed by atoms with Crippen LogP contribution < -0.4 is 0 Å². The lowest BCUT2D eigenvalue weighted by Crippen LogP contribution is -1.91. The molecule has 3 heteroatoms. The monoisotopic (exact) mass is 284 g/mol. The minimum Gasteiger partial charge on any atom is -0.261 e. The zero-order valence-corrected chi connectivity index (χ0v) is 12.9. The second-order valence-electron chi connectivity index (χ2n) is 5.34. The van der Waals surface area contributed by atoms with Gasteiger partial charge in [-0.15, -0.1) is 0 Å². The number of hydrogen-bond donors (Lipinski definition) is 0. The molecule has 110 valence electrons. The molecule has 0 fully saturated rings. The molecule has 0 atom stereocenters. The zero-order chi connectivity index (χ0) is 15.2. The number of rotatable bonds is 5. The second-order valence-corrected chi connectivity index (χ2v) is 5.34. The van der Waals surface area contributed by atoms with Crippen molar-refractivity contribution in [3.05, 3.63) is 48.0 Å². The maximum absolute atomic E-state index is 13.2. The number of pyridine rings is 1. The normalized spacial score (nSPS) is 11.7. The standard InChI is InChI=1S/C18H21FN2/c1-4-5-6-14(3)21-18-8-7-15(9-13(18)2)16-10-17(19)12-20-11-16/h7-12H,4-6H2,1-3H3/b21-14+. The Balaban J connectivity index is 2.25. The molecule has 2 nitrogen and oxygen atoms in total. The van der Waals surface area contributed by atoms with Gasteiger partial charge in [0.2, 0.25) is 0 Å². The number of aliphatic imine (C=N–C) groups is 1. The summed E-state index contributed by atoms with van der Waals surface area (Å²) in [5.74, 6) is -0.317. The lowest BCUT2D eigenvalue weighted by molar-refractivity contribution is 0.622. The van der Waals surface area contributed by atoms with Crippen LogP contribution in [0.2, 0.25) is 0 Å². The molecule has 0 aliphatic rings. The van der Waals surface area contributed by atoms with Crippen molar-refractivity contribution in [3.8, 4) is 11.1 Å². The summed E-state index contributed by atoms with van der Waals surface area (Å²) < 4.78 is 13.2. The first kappa shape index (κ1) is 15.4. The van der Waals surface area contributed by atoms with E-state index in [2.05, 4.69) is 23.8 Å². The van der Waals surface area contributed by atoms with Crippen LogP contribution in [0.25, 0.3) is 11.1 Å². The molecule has 21 heavy (non-hydrogen) atoms. The number of hydrogen-bond acceptors (Lipinski definition) is 2. The van der Waals surface area contributed by atoms with Crippen LogP contribution in [0, 0.1) is 12.7 Å². The molecule has 0 bridgehead atoms. The Morgan fingerprint density at radius 1 is 1.19 bits per heavy atom. The summed E-state index contributed by atoms with van der Waals surface area (Å²) in [5.41, 5.74) is 4.98. The van der Waals surface area contributed by atoms with Crippen molar-refractivity contribution in [2.24, 2.45) is 4.99 Å². The maximum Gasteiger partial charge on any atom is 0.142 e. The van der Waals surface area contributed by atoms with Crippen molar-refractivity contribution in [3.63, 3.8) is 0 Å². The summed E-state index contributed by atoms with van der Waals surface area (Å²) in [4.78, 5) is 8.57. The van der Waals surface area contributed by atoms with Gasteiger partial charge in [-0.3, -0.25) is 9.98 Å². The van der Waals surface area contributed by atoms with E-state index < -0.39 is 0 Å². The lowest BCUT2D eigenvalue weighted by Gasteiger charge is -2.07. The topological polar surface area (TPSA) is 25.2 Å². The van der Waals surface area contributed by atoms with E-state index >= 15 is 0 Å². The predicted octanol–water partition coefficient (Wildman–Crippen LogP) is 5.48. The van der Waals surface area contributed by atoms with Crippen molar-refractivity contribution in [1.29, 1.82) is 0 Å². The van der Waals surface area contributed by atoms with Gasteiger partial charge in [-0.05, 0) is 56.0 Å². The molecule has 1 heterocycles. The molecular formula is C18H21FN2. The fourth-order valence-electron chi connectivity index (χ4n) is 2.22. The first-order chi connectivity index (χ1) is 10.1. The van der Waals surface area contributed by atoms with Crippen LogP contribution in [-0.2, 0) is 0 Å². The van der Waals surface area contributed by atoms with Crippen LogP contribution in [0.5, 0.6) is 0 Å². The van der Waals surface area contributed by atoms with E-state index in [0.29, 0.717) is 0 Å². The Kier molecular flexibility index (Phi) is 5.20. The summed E-state index contributed by atoms with van der Waals surface area (Å²) >= 11 is 0. The number of halogens is 1. The largest absolute Gasteiger partial charge is 0.261 e. The SMILES string of the molecule is CCCC/C(C)=N/c1ccc(-c2cncc(F)c2)cc1C. The number of aryl methyl sites for hydroxylation is 1. The van der Waals surface area contributed by atoms with Crippen molar-refractivity contribution in [2.45, 2.75) is 40.0 Å². The van der Waals surface area contributed by atoms with Crippen LogP contribution in [0.15, 0.2) is 41.7 Å². The average molecular weight is 284 g/mol. The predicted molar refractivity (Wildman–Crippen MR) is 86.7 cm³/mol. The molecule has 2 aromatic rings. The van der Waals surface area contributed by atoms with E-state index in [1.807, 2.05) is 25.1 Å². The van der Waals surface area contributed by atoms with Gasteiger partial charge in [-0.25, -0.2) is 4.39 Å². The first-order valence-electron chi connectivity index (χ1n) is 7.36. The first-order valence-corrected chi connectivity index (χ1v) is 7.36. The van der Waals surface area contributed by atoms with Crippen molar-refractivity contribution in [2.75, 3.05) is 0 Å². The lowest BCUT2D eigenvalue weighted by atomic mass is 10.0. The van der Waals surface area contributed by atoms with Gasteiger partial charge >= 0.3 is 0 Å². The Hall–Kier alpha value is -2.03. The number of nitrogens with zero attached hydrogens (tertiary/aromatic N) is 2. The van der Waals surface area contributed by atoms with Gasteiger partial charge in [-0.2, -0.15) is 0 Å². The molecule has 1 aromatic heterocycles. The van der Waals surface area contributed by atoms with Gasteiger partial charge in [0.05, 0.1) is 11.9 Å². The molecule has 0 aliphatic heterocycles. The third-order valence-corrected chi connectivity index (χ3v) is 3.44. The number of aromatic nitrogens is 1. The van der Waals surface area contributed by atoms with Gasteiger partial charge in [0.15, 0.2) is 0 Å². The highest BCUT2D eigenvalue weighted by molar-refractivity contribution is 5.85. The van der Waals surface area contributed by atoms with Gasteiger partial charge in [0.1, 0.15) is 5.82 Å². The fraction of sp³-hybridized carbons (Fsp3) is 0.333. The molecule has 1 aromatic carbocycles. The molecule has 0 spiro atoms. The van der Waals surface area contributed by atoms with Crippen molar-refractivity contribution < 1.29 is 4.39 Å². The summed E-state index contributed by atoms with van der Waals surface area (Å²) in [6.45, 7) is 6.28. The fourth-order valence-corrected chi connectivity index (χ4v) is 2.22. The molecule has 0 aliphatic carbocycles. The van der Waals surface area contributed by atoms with E-state index in [0.717, 1.165) is 34.5 Å². The Labute approximate surface area is 125 Å². The quantitative estimate of drug-likeness (QED) is 0.667. The molecule has 2 rings (SSSR count). The van der Waals surface area contributed by atoms with Crippen LogP contribution in [0.4, 0.5) is 10.1 Å². The summed E-state index contributed by atoms with van der Waals surface area (Å²) in [6.07, 6.45) is 6.27. The summed E-state index contributed by atoms with van der Waals surface area (Å²) in [7, 11) is 0. The average Bonchev–Trinajstić information content (AvgIpc) is 2.47.